The van der Waals surface area contributed by atoms with Crippen molar-refractivity contribution in [3.05, 3.63) is 28.7 Å². The maximum absolute atomic E-state index is 6.76. The van der Waals surface area contributed by atoms with E-state index in [0.717, 1.165) is 25.0 Å². The van der Waals surface area contributed by atoms with E-state index in [2.05, 4.69) is 53.0 Å². The maximum atomic E-state index is 6.76. The van der Waals surface area contributed by atoms with Crippen molar-refractivity contribution in [2.75, 3.05) is 0 Å². The second kappa shape index (κ2) is 5.70. The van der Waals surface area contributed by atoms with E-state index >= 15 is 0 Å². The zero-order valence-corrected chi connectivity index (χ0v) is 16.5. The number of nitrogens with zero attached hydrogens (tertiary/aromatic N) is 2. The molecule has 1 spiro atoms. The molecule has 3 nitrogen and oxygen atoms in total. The lowest BCUT2D eigenvalue weighted by molar-refractivity contribution is -0.0900. The highest BCUT2D eigenvalue weighted by Crippen LogP contribution is 2.58. The van der Waals surface area contributed by atoms with Crippen molar-refractivity contribution in [3.8, 4) is 0 Å². The Morgan fingerprint density at radius 2 is 1.88 bits per heavy atom. The quantitative estimate of drug-likeness (QED) is 0.550. The van der Waals surface area contributed by atoms with E-state index in [-0.39, 0.29) is 16.9 Å². The Morgan fingerprint density at radius 3 is 2.68 bits per heavy atom. The molecule has 2 heterocycles. The Kier molecular flexibility index (Phi) is 3.95. The lowest BCUT2D eigenvalue weighted by Crippen LogP contribution is -2.53. The minimum atomic E-state index is -0.602. The molecular formula is C22H33N2O-. The van der Waals surface area contributed by atoms with E-state index in [9.17, 15) is 0 Å². The van der Waals surface area contributed by atoms with Crippen LogP contribution in [0.5, 0.6) is 0 Å². The Labute approximate surface area is 153 Å². The molecule has 138 valence electrons. The van der Waals surface area contributed by atoms with E-state index in [0.29, 0.717) is 12.0 Å². The van der Waals surface area contributed by atoms with E-state index in [1.54, 1.807) is 0 Å². The highest BCUT2D eigenvalue weighted by atomic mass is 16.5. The van der Waals surface area contributed by atoms with E-state index in [1.807, 2.05) is 0 Å². The van der Waals surface area contributed by atoms with Crippen molar-refractivity contribution >= 4 is 6.21 Å². The Morgan fingerprint density at radius 1 is 1.12 bits per heavy atom. The third-order valence-electron chi connectivity index (χ3n) is 7.39. The molecule has 0 amide bonds. The number of hydrogen-bond acceptors (Lipinski definition) is 2. The molecule has 1 fully saturated rings. The first-order chi connectivity index (χ1) is 11.8. The van der Waals surface area contributed by atoms with Gasteiger partial charge in [-0.15, -0.1) is 5.70 Å². The molecule has 4 unspecified atom stereocenters. The number of hydrogen-bond donors (Lipinski definition) is 0. The zero-order chi connectivity index (χ0) is 17.9. The average molecular weight is 342 g/mol. The molecule has 4 rings (SSSR count). The van der Waals surface area contributed by atoms with Crippen molar-refractivity contribution in [1.29, 1.82) is 0 Å². The average Bonchev–Trinajstić information content (AvgIpc) is 2.75. The van der Waals surface area contributed by atoms with Gasteiger partial charge in [-0.2, -0.15) is 0 Å². The monoisotopic (exact) mass is 341 g/mol. The fraction of sp³-hybridized carbons (Fsp3) is 0.773. The summed E-state index contributed by atoms with van der Waals surface area (Å²) in [5.74, 6) is 0.590. The van der Waals surface area contributed by atoms with Gasteiger partial charge in [0.05, 0.1) is 12.1 Å². The molecule has 0 bridgehead atoms. The number of rotatable bonds is 0. The molecule has 2 aliphatic heterocycles. The summed E-state index contributed by atoms with van der Waals surface area (Å²) in [6, 6.07) is 0.341. The maximum Gasteiger partial charge on any atom is 0.0790 e. The topological polar surface area (TPSA) is 35.7 Å². The van der Waals surface area contributed by atoms with Gasteiger partial charge in [-0.05, 0) is 30.6 Å². The second-order valence-corrected chi connectivity index (χ2v) is 9.70. The third-order valence-corrected chi connectivity index (χ3v) is 7.39. The van der Waals surface area contributed by atoms with Crippen molar-refractivity contribution < 1.29 is 4.74 Å². The summed E-state index contributed by atoms with van der Waals surface area (Å²) in [6.07, 6.45) is 14.1. The van der Waals surface area contributed by atoms with Crippen molar-refractivity contribution in [2.45, 2.75) is 91.0 Å². The fourth-order valence-corrected chi connectivity index (χ4v) is 4.83. The number of ether oxygens (including phenoxy) is 1. The molecular weight excluding hydrogens is 308 g/mol. The van der Waals surface area contributed by atoms with Crippen LogP contribution < -0.4 is 0 Å². The van der Waals surface area contributed by atoms with Crippen LogP contribution in [0.25, 0.3) is 5.32 Å². The first-order valence-corrected chi connectivity index (χ1v) is 10.1. The number of allylic oxidation sites excluding steroid dienone is 2. The Bertz CT molecular complexity index is 642. The summed E-state index contributed by atoms with van der Waals surface area (Å²) in [4.78, 5) is 4.98. The fourth-order valence-electron chi connectivity index (χ4n) is 4.83. The van der Waals surface area contributed by atoms with Gasteiger partial charge >= 0.3 is 0 Å². The smallest absolute Gasteiger partial charge is 0.0790 e. The van der Waals surface area contributed by atoms with Gasteiger partial charge in [0.2, 0.25) is 0 Å². The van der Waals surface area contributed by atoms with Crippen LogP contribution in [0.3, 0.4) is 0 Å². The van der Waals surface area contributed by atoms with Crippen molar-refractivity contribution in [2.24, 2.45) is 21.7 Å². The second-order valence-electron chi connectivity index (χ2n) is 9.70. The first-order valence-electron chi connectivity index (χ1n) is 10.1. The molecule has 25 heavy (non-hydrogen) atoms. The van der Waals surface area contributed by atoms with Crippen LogP contribution in [0, 0.1) is 16.7 Å². The van der Waals surface area contributed by atoms with Crippen molar-refractivity contribution in [3.63, 3.8) is 0 Å². The van der Waals surface area contributed by atoms with Crippen LogP contribution in [-0.4, -0.2) is 24.1 Å². The van der Waals surface area contributed by atoms with Crippen LogP contribution in [-0.2, 0) is 4.74 Å². The predicted octanol–water partition coefficient (Wildman–Crippen LogP) is 5.77. The van der Waals surface area contributed by atoms with Gasteiger partial charge in [-0.1, -0.05) is 71.6 Å². The lowest BCUT2D eigenvalue weighted by Gasteiger charge is -2.54. The minimum Gasteiger partial charge on any atom is -0.652 e. The van der Waals surface area contributed by atoms with Gasteiger partial charge in [0.25, 0.3) is 0 Å². The first kappa shape index (κ1) is 17.3. The molecule has 0 saturated heterocycles. The molecule has 4 aliphatic rings. The van der Waals surface area contributed by atoms with E-state index in [1.165, 1.54) is 24.8 Å². The zero-order valence-electron chi connectivity index (χ0n) is 16.5. The summed E-state index contributed by atoms with van der Waals surface area (Å²) in [5, 5.41) is 5.16. The standard InChI is InChI=1S/C22H33N2O/c1-15-13-16-17(11-12-20(15,2)3)24-22(21(16,4)5)14-23-18-9-7-6-8-10-19(18)25-22/h11-12,14-15,18-19H,6-10,13H2,1-5H3/q-1. The summed E-state index contributed by atoms with van der Waals surface area (Å²) >= 11 is 0. The largest absolute Gasteiger partial charge is 0.652 e. The molecule has 0 N–H and O–H groups in total. The molecule has 0 aromatic rings. The Balaban J connectivity index is 1.68. The van der Waals surface area contributed by atoms with Crippen LogP contribution in [0.1, 0.15) is 73.1 Å². The van der Waals surface area contributed by atoms with Crippen LogP contribution in [0.4, 0.5) is 0 Å². The van der Waals surface area contributed by atoms with Gasteiger partial charge in [0, 0.05) is 17.4 Å². The van der Waals surface area contributed by atoms with Gasteiger partial charge in [0.1, 0.15) is 0 Å². The van der Waals surface area contributed by atoms with Gasteiger partial charge < -0.3 is 10.1 Å². The predicted molar refractivity (Wildman–Crippen MR) is 104 cm³/mol. The highest BCUT2D eigenvalue weighted by molar-refractivity contribution is 5.80. The normalized spacial score (nSPS) is 41.7. The Hall–Kier alpha value is -1.09. The molecule has 0 radical (unpaired) electrons. The van der Waals surface area contributed by atoms with Gasteiger partial charge in [-0.3, -0.25) is 4.99 Å². The van der Waals surface area contributed by atoms with E-state index < -0.39 is 5.72 Å². The molecule has 1 saturated carbocycles. The molecule has 3 heteroatoms. The van der Waals surface area contributed by atoms with Crippen LogP contribution in [0.2, 0.25) is 0 Å². The highest BCUT2D eigenvalue weighted by Gasteiger charge is 2.50. The van der Waals surface area contributed by atoms with Gasteiger partial charge in [0.15, 0.2) is 0 Å². The van der Waals surface area contributed by atoms with Crippen LogP contribution >= 0.6 is 0 Å². The number of fused-ring (bicyclic) bond motifs is 1. The third kappa shape index (κ3) is 2.61. The van der Waals surface area contributed by atoms with E-state index in [4.69, 9.17) is 15.0 Å². The SMILES string of the molecule is CC1CC2=C(C=CC1(C)C)[N-]C1(C=NC3CCCCCC3O1)C2(C)C. The number of aliphatic imine (C=N–C) groups is 1. The summed E-state index contributed by atoms with van der Waals surface area (Å²) in [6.45, 7) is 11.6. The molecule has 0 aromatic heterocycles. The summed E-state index contributed by atoms with van der Waals surface area (Å²) < 4.78 is 6.76. The molecule has 4 atom stereocenters. The van der Waals surface area contributed by atoms with Gasteiger partial charge in [-0.25, -0.2) is 0 Å². The van der Waals surface area contributed by atoms with Crippen LogP contribution in [0.15, 0.2) is 28.4 Å². The molecule has 0 aromatic carbocycles. The summed E-state index contributed by atoms with van der Waals surface area (Å²) in [7, 11) is 0. The lowest BCUT2D eigenvalue weighted by atomic mass is 9.70. The summed E-state index contributed by atoms with van der Waals surface area (Å²) in [5.41, 5.74) is 2.05. The molecule has 2 aliphatic carbocycles. The van der Waals surface area contributed by atoms with Crippen molar-refractivity contribution in [1.82, 2.24) is 0 Å². The minimum absolute atomic E-state index is 0.137.